The normalized spacial score (nSPS) is 13.9. The van der Waals surface area contributed by atoms with Crippen LogP contribution in [0.4, 0.5) is 18.9 Å². The van der Waals surface area contributed by atoms with E-state index in [1.165, 1.54) is 24.3 Å². The molecule has 5 rings (SSSR count). The molecule has 58 heavy (non-hydrogen) atoms. The molecule has 1 aliphatic rings. The largest absolute Gasteiger partial charge is 0.491 e. The third-order valence-electron chi connectivity index (χ3n) is 10.2. The molecule has 0 unspecified atom stereocenters. The van der Waals surface area contributed by atoms with Crippen LogP contribution in [-0.4, -0.2) is 103 Å². The summed E-state index contributed by atoms with van der Waals surface area (Å²) in [6.07, 6.45) is -1.34. The van der Waals surface area contributed by atoms with Gasteiger partial charge in [-0.25, -0.2) is 0 Å². The highest BCUT2D eigenvalue weighted by atomic mass is 19.4. The van der Waals surface area contributed by atoms with Crippen molar-refractivity contribution in [1.29, 1.82) is 0 Å². The minimum Gasteiger partial charge on any atom is -0.491 e. The number of likely N-dealkylation sites (N-methyl/N-ethyl adjacent to an activating group) is 2. The number of benzene rings is 4. The lowest BCUT2D eigenvalue weighted by atomic mass is 10.0. The molecule has 1 fully saturated rings. The van der Waals surface area contributed by atoms with Gasteiger partial charge in [-0.1, -0.05) is 66.7 Å². The number of piperazine rings is 1. The number of nitrogens with zero attached hydrogens (tertiary/aromatic N) is 5. The Morgan fingerprint density at radius 1 is 0.759 bits per heavy atom. The summed E-state index contributed by atoms with van der Waals surface area (Å²) in [5, 5.41) is 0. The van der Waals surface area contributed by atoms with Gasteiger partial charge in [-0.15, -0.1) is 0 Å². The van der Waals surface area contributed by atoms with E-state index >= 15 is 0 Å². The molecule has 1 atom stereocenters. The Morgan fingerprint density at radius 3 is 1.95 bits per heavy atom. The van der Waals surface area contributed by atoms with Crippen LogP contribution >= 0.6 is 0 Å². The standard InChI is InChI=1S/C46H54F3N5O4/c1-34(2)58-42-22-15-38(16-23-42)32-50(4)25-26-51(5)45(57)43(31-37-9-7-6-8-10-37)54(44(56)24-17-36-11-18-40(19-12-36)46(47,48)49)33-39-13-20-41(21-14-39)53-29-27-52(28-30-53)35(3)55/h6-24,34,43H,25-33H2,1-5H3/t43-/m0/s1. The Balaban J connectivity index is 1.37. The Hall–Kier alpha value is -5.62. The number of halogens is 3. The van der Waals surface area contributed by atoms with Crippen molar-refractivity contribution in [2.45, 2.75) is 58.6 Å². The summed E-state index contributed by atoms with van der Waals surface area (Å²) in [6, 6.07) is 29.0. The van der Waals surface area contributed by atoms with Gasteiger partial charge in [-0.3, -0.25) is 14.4 Å². The molecule has 1 saturated heterocycles. The van der Waals surface area contributed by atoms with Gasteiger partial charge in [0.2, 0.25) is 17.7 Å². The van der Waals surface area contributed by atoms with E-state index in [2.05, 4.69) is 9.80 Å². The predicted molar refractivity (Wildman–Crippen MR) is 222 cm³/mol. The van der Waals surface area contributed by atoms with E-state index in [1.807, 2.05) is 105 Å². The molecule has 308 valence electrons. The fourth-order valence-electron chi connectivity index (χ4n) is 6.87. The van der Waals surface area contributed by atoms with Crippen LogP contribution in [0.1, 0.15) is 48.6 Å². The number of ether oxygens (including phenoxy) is 1. The first-order valence-electron chi connectivity index (χ1n) is 19.6. The van der Waals surface area contributed by atoms with Crippen LogP contribution in [-0.2, 0) is 40.1 Å². The topological polar surface area (TPSA) is 76.6 Å². The maximum absolute atomic E-state index is 14.6. The summed E-state index contributed by atoms with van der Waals surface area (Å²) >= 11 is 0. The first-order chi connectivity index (χ1) is 27.7. The highest BCUT2D eigenvalue weighted by Gasteiger charge is 2.32. The maximum Gasteiger partial charge on any atom is 0.416 e. The molecule has 4 aromatic carbocycles. The molecule has 4 aromatic rings. The molecule has 1 heterocycles. The van der Waals surface area contributed by atoms with Crippen LogP contribution in [0.25, 0.3) is 6.08 Å². The number of carbonyl (C=O) groups is 3. The number of hydrogen-bond acceptors (Lipinski definition) is 6. The molecule has 0 aliphatic carbocycles. The number of anilines is 1. The van der Waals surface area contributed by atoms with Gasteiger partial charge in [-0.2, -0.15) is 13.2 Å². The molecular weight excluding hydrogens is 744 g/mol. The Bertz CT molecular complexity index is 1960. The molecule has 3 amide bonds. The maximum atomic E-state index is 14.6. The number of carbonyl (C=O) groups excluding carboxylic acids is 3. The van der Waals surface area contributed by atoms with Gasteiger partial charge in [-0.05, 0) is 85.6 Å². The third-order valence-corrected chi connectivity index (χ3v) is 10.2. The van der Waals surface area contributed by atoms with E-state index < -0.39 is 23.7 Å². The van der Waals surface area contributed by atoms with Crippen molar-refractivity contribution < 1.29 is 32.3 Å². The first kappa shape index (κ1) is 43.5. The molecule has 1 aliphatic heterocycles. The molecule has 9 nitrogen and oxygen atoms in total. The van der Waals surface area contributed by atoms with E-state index in [9.17, 15) is 27.6 Å². The lowest BCUT2D eigenvalue weighted by Crippen LogP contribution is -2.51. The van der Waals surface area contributed by atoms with Gasteiger partial charge in [0.25, 0.3) is 0 Å². The summed E-state index contributed by atoms with van der Waals surface area (Å²) in [4.78, 5) is 50.1. The smallest absolute Gasteiger partial charge is 0.416 e. The molecule has 0 aromatic heterocycles. The van der Waals surface area contributed by atoms with Crippen LogP contribution in [0.5, 0.6) is 5.75 Å². The molecule has 12 heteroatoms. The lowest BCUT2D eigenvalue weighted by molar-refractivity contribution is -0.143. The van der Waals surface area contributed by atoms with Crippen LogP contribution in [0.2, 0.25) is 0 Å². The van der Waals surface area contributed by atoms with Crippen molar-refractivity contribution in [2.24, 2.45) is 0 Å². The summed E-state index contributed by atoms with van der Waals surface area (Å²) in [5.74, 6) is 0.186. The summed E-state index contributed by atoms with van der Waals surface area (Å²) in [7, 11) is 3.74. The summed E-state index contributed by atoms with van der Waals surface area (Å²) in [5.41, 5.74) is 3.42. The number of alkyl halides is 3. The Morgan fingerprint density at radius 2 is 1.36 bits per heavy atom. The quantitative estimate of drug-likeness (QED) is 0.110. The first-order valence-corrected chi connectivity index (χ1v) is 19.6. The van der Waals surface area contributed by atoms with Crippen LogP contribution in [0.3, 0.4) is 0 Å². The zero-order valence-corrected chi connectivity index (χ0v) is 34.0. The molecule has 0 N–H and O–H groups in total. The van der Waals surface area contributed by atoms with Crippen molar-refractivity contribution in [3.8, 4) is 5.75 Å². The SMILES string of the molecule is CC(=O)N1CCN(c2ccc(CN(C(=O)C=Cc3ccc(C(F)(F)F)cc3)[C@@H](Cc3ccccc3)C(=O)N(C)CCN(C)Cc3ccc(OC(C)C)cc3)cc2)CC1. The Kier molecular flexibility index (Phi) is 15.1. The average Bonchev–Trinajstić information content (AvgIpc) is 3.21. The zero-order chi connectivity index (χ0) is 41.8. The number of rotatable bonds is 16. The number of hydrogen-bond donors (Lipinski definition) is 0. The van der Waals surface area contributed by atoms with E-state index in [4.69, 9.17) is 4.74 Å². The van der Waals surface area contributed by atoms with Gasteiger partial charge in [0.1, 0.15) is 11.8 Å². The van der Waals surface area contributed by atoms with E-state index in [1.54, 1.807) is 23.8 Å². The second-order valence-electron chi connectivity index (χ2n) is 15.1. The van der Waals surface area contributed by atoms with Gasteiger partial charge >= 0.3 is 6.18 Å². The highest BCUT2D eigenvalue weighted by molar-refractivity contribution is 5.95. The molecule has 0 saturated carbocycles. The van der Waals surface area contributed by atoms with Gasteiger partial charge in [0.15, 0.2) is 0 Å². The van der Waals surface area contributed by atoms with Gasteiger partial charge in [0, 0.05) is 84.5 Å². The minimum absolute atomic E-state index is 0.0584. The van der Waals surface area contributed by atoms with Crippen LogP contribution in [0.15, 0.2) is 109 Å². The second kappa shape index (κ2) is 20.2. The third kappa shape index (κ3) is 12.7. The van der Waals surface area contributed by atoms with E-state index in [0.29, 0.717) is 51.4 Å². The van der Waals surface area contributed by atoms with Gasteiger partial charge in [0.05, 0.1) is 11.7 Å². The van der Waals surface area contributed by atoms with Crippen molar-refractivity contribution >= 4 is 29.5 Å². The van der Waals surface area contributed by atoms with E-state index in [-0.39, 0.29) is 30.9 Å². The summed E-state index contributed by atoms with van der Waals surface area (Å²) < 4.78 is 45.5. The summed E-state index contributed by atoms with van der Waals surface area (Å²) in [6.45, 7) is 9.99. The lowest BCUT2D eigenvalue weighted by Gasteiger charge is -2.36. The van der Waals surface area contributed by atoms with Crippen molar-refractivity contribution in [3.05, 3.63) is 137 Å². The highest BCUT2D eigenvalue weighted by Crippen LogP contribution is 2.29. The molecule has 0 radical (unpaired) electrons. The average molecular weight is 798 g/mol. The fraction of sp³-hybridized carbons (Fsp3) is 0.370. The Labute approximate surface area is 340 Å². The number of amides is 3. The fourth-order valence-corrected chi connectivity index (χ4v) is 6.87. The van der Waals surface area contributed by atoms with Crippen LogP contribution < -0.4 is 9.64 Å². The van der Waals surface area contributed by atoms with Crippen molar-refractivity contribution in [2.75, 3.05) is 58.3 Å². The van der Waals surface area contributed by atoms with Crippen molar-refractivity contribution in [1.82, 2.24) is 19.6 Å². The minimum atomic E-state index is -4.48. The monoisotopic (exact) mass is 797 g/mol. The zero-order valence-electron chi connectivity index (χ0n) is 34.0. The molecular formula is C46H54F3N5O4. The van der Waals surface area contributed by atoms with Gasteiger partial charge < -0.3 is 29.2 Å². The van der Waals surface area contributed by atoms with Crippen LogP contribution in [0, 0.1) is 0 Å². The predicted octanol–water partition coefficient (Wildman–Crippen LogP) is 7.40. The van der Waals surface area contributed by atoms with Crippen molar-refractivity contribution in [3.63, 3.8) is 0 Å². The molecule has 0 spiro atoms. The second-order valence-corrected chi connectivity index (χ2v) is 15.1. The molecule has 0 bridgehead atoms. The van der Waals surface area contributed by atoms with E-state index in [0.717, 1.165) is 40.3 Å².